The summed E-state index contributed by atoms with van der Waals surface area (Å²) in [5.41, 5.74) is 3.60. The zero-order chi connectivity index (χ0) is 16.5. The Bertz CT molecular complexity index is 973. The van der Waals surface area contributed by atoms with Gasteiger partial charge in [0.2, 0.25) is 0 Å². The molecule has 0 spiro atoms. The van der Waals surface area contributed by atoms with E-state index in [1.54, 1.807) is 12.4 Å². The first-order valence-electron chi connectivity index (χ1n) is 7.45. The number of H-pyrrole nitrogens is 1. The van der Waals surface area contributed by atoms with Crippen molar-refractivity contribution in [2.24, 2.45) is 0 Å². The summed E-state index contributed by atoms with van der Waals surface area (Å²) < 4.78 is 5.81. The molecule has 5 heteroatoms. The number of hydrogen-bond acceptors (Lipinski definition) is 3. The molecule has 0 aliphatic rings. The first kappa shape index (κ1) is 14.7. The number of benzene rings is 2. The van der Waals surface area contributed by atoms with Gasteiger partial charge >= 0.3 is 0 Å². The Hall–Kier alpha value is -2.85. The predicted octanol–water partition coefficient (Wildman–Crippen LogP) is 5.18. The second-order valence-corrected chi connectivity index (χ2v) is 5.84. The van der Waals surface area contributed by atoms with E-state index < -0.39 is 0 Å². The Kier molecular flexibility index (Phi) is 3.67. The van der Waals surface area contributed by atoms with Crippen LogP contribution in [0.5, 0.6) is 11.5 Å². The first-order chi connectivity index (χ1) is 11.7. The van der Waals surface area contributed by atoms with Gasteiger partial charge in [0, 0.05) is 16.8 Å². The summed E-state index contributed by atoms with van der Waals surface area (Å²) in [7, 11) is 0. The lowest BCUT2D eigenvalue weighted by Crippen LogP contribution is -1.87. The number of aromatic amines is 1. The van der Waals surface area contributed by atoms with Crippen LogP contribution in [0.15, 0.2) is 54.9 Å². The number of pyridine rings is 1. The van der Waals surface area contributed by atoms with Gasteiger partial charge in [-0.1, -0.05) is 11.6 Å². The first-order valence-corrected chi connectivity index (χ1v) is 7.83. The largest absolute Gasteiger partial charge is 0.456 e. The normalized spacial score (nSPS) is 10.9. The Balaban J connectivity index is 1.70. The Morgan fingerprint density at radius 3 is 2.92 bits per heavy atom. The summed E-state index contributed by atoms with van der Waals surface area (Å²) in [5.74, 6) is 2.11. The van der Waals surface area contributed by atoms with Gasteiger partial charge < -0.3 is 9.72 Å². The summed E-state index contributed by atoms with van der Waals surface area (Å²) in [6.07, 6.45) is 3.38. The van der Waals surface area contributed by atoms with Crippen molar-refractivity contribution in [2.45, 2.75) is 6.92 Å². The van der Waals surface area contributed by atoms with E-state index in [1.165, 1.54) is 0 Å². The third kappa shape index (κ3) is 2.84. The van der Waals surface area contributed by atoms with Crippen LogP contribution in [-0.4, -0.2) is 15.0 Å². The third-order valence-electron chi connectivity index (χ3n) is 3.66. The minimum atomic E-state index is 0.682. The fourth-order valence-corrected chi connectivity index (χ4v) is 2.61. The lowest BCUT2D eigenvalue weighted by Gasteiger charge is -2.05. The van der Waals surface area contributed by atoms with E-state index in [1.807, 2.05) is 49.4 Å². The highest BCUT2D eigenvalue weighted by atomic mass is 35.5. The van der Waals surface area contributed by atoms with Crippen LogP contribution in [0, 0.1) is 13.0 Å². The molecule has 0 aliphatic heterocycles. The maximum atomic E-state index is 6.17. The quantitative estimate of drug-likeness (QED) is 0.561. The predicted molar refractivity (Wildman–Crippen MR) is 94.4 cm³/mol. The zero-order valence-electron chi connectivity index (χ0n) is 12.9. The van der Waals surface area contributed by atoms with E-state index in [4.69, 9.17) is 16.3 Å². The molecule has 0 atom stereocenters. The van der Waals surface area contributed by atoms with Gasteiger partial charge in [-0.15, -0.1) is 0 Å². The molecule has 0 bridgehead atoms. The smallest absolute Gasteiger partial charge is 0.145 e. The number of aryl methyl sites for hydroxylation is 1. The average molecular weight is 335 g/mol. The van der Waals surface area contributed by atoms with Crippen LogP contribution in [-0.2, 0) is 0 Å². The van der Waals surface area contributed by atoms with Crippen molar-refractivity contribution in [2.75, 3.05) is 0 Å². The van der Waals surface area contributed by atoms with E-state index in [0.717, 1.165) is 28.0 Å². The fourth-order valence-electron chi connectivity index (χ4n) is 2.46. The van der Waals surface area contributed by atoms with E-state index in [2.05, 4.69) is 21.0 Å². The molecule has 0 fully saturated rings. The monoisotopic (exact) mass is 334 g/mol. The molecule has 4 aromatic rings. The number of imidazole rings is 1. The molecule has 2 aromatic heterocycles. The number of rotatable bonds is 3. The third-order valence-corrected chi connectivity index (χ3v) is 4.07. The van der Waals surface area contributed by atoms with Crippen LogP contribution in [0.4, 0.5) is 0 Å². The number of nitrogens with one attached hydrogen (secondary N) is 1. The molecular weight excluding hydrogens is 322 g/mol. The number of halogens is 1. The van der Waals surface area contributed by atoms with E-state index in [0.29, 0.717) is 16.5 Å². The molecule has 0 aliphatic carbocycles. The molecule has 1 N–H and O–H groups in total. The van der Waals surface area contributed by atoms with E-state index >= 15 is 0 Å². The SMILES string of the molecule is Cc1cc2[nH]c(-c3[c]ccc(Oc4cccnc4)c3)nc2cc1Cl. The summed E-state index contributed by atoms with van der Waals surface area (Å²) in [4.78, 5) is 11.9. The van der Waals surface area contributed by atoms with Gasteiger partial charge in [-0.3, -0.25) is 4.98 Å². The van der Waals surface area contributed by atoms with Crippen LogP contribution >= 0.6 is 11.6 Å². The second kappa shape index (κ2) is 5.98. The van der Waals surface area contributed by atoms with Crippen molar-refractivity contribution in [1.82, 2.24) is 15.0 Å². The number of fused-ring (bicyclic) bond motifs is 1. The molecule has 4 rings (SSSR count). The van der Waals surface area contributed by atoms with Gasteiger partial charge in [0.15, 0.2) is 0 Å². The number of nitrogens with zero attached hydrogens (tertiary/aromatic N) is 2. The minimum Gasteiger partial charge on any atom is -0.456 e. The van der Waals surface area contributed by atoms with Gasteiger partial charge in [-0.2, -0.15) is 0 Å². The van der Waals surface area contributed by atoms with Crippen molar-refractivity contribution in [1.29, 1.82) is 0 Å². The summed E-state index contributed by atoms with van der Waals surface area (Å²) in [6.45, 7) is 1.97. The molecule has 4 nitrogen and oxygen atoms in total. The van der Waals surface area contributed by atoms with Gasteiger partial charge in [0.25, 0.3) is 0 Å². The highest BCUT2D eigenvalue weighted by Gasteiger charge is 2.09. The lowest BCUT2D eigenvalue weighted by molar-refractivity contribution is 0.480. The highest BCUT2D eigenvalue weighted by Crippen LogP contribution is 2.28. The zero-order valence-corrected chi connectivity index (χ0v) is 13.6. The minimum absolute atomic E-state index is 0.682. The molecule has 2 aromatic carbocycles. The number of hydrogen-bond donors (Lipinski definition) is 1. The Morgan fingerprint density at radius 1 is 1.17 bits per heavy atom. The lowest BCUT2D eigenvalue weighted by atomic mass is 10.2. The van der Waals surface area contributed by atoms with Crippen molar-refractivity contribution in [3.63, 3.8) is 0 Å². The Morgan fingerprint density at radius 2 is 2.08 bits per heavy atom. The molecule has 2 heterocycles. The van der Waals surface area contributed by atoms with Gasteiger partial charge in [0.05, 0.1) is 17.2 Å². The Labute approximate surface area is 144 Å². The molecule has 0 unspecified atom stereocenters. The van der Waals surface area contributed by atoms with Crippen LogP contribution < -0.4 is 4.74 Å². The van der Waals surface area contributed by atoms with Crippen molar-refractivity contribution < 1.29 is 4.74 Å². The highest BCUT2D eigenvalue weighted by molar-refractivity contribution is 6.32. The molecule has 0 saturated carbocycles. The van der Waals surface area contributed by atoms with Crippen LogP contribution in [0.1, 0.15) is 5.56 Å². The van der Waals surface area contributed by atoms with E-state index in [-0.39, 0.29) is 0 Å². The second-order valence-electron chi connectivity index (χ2n) is 5.43. The molecular formula is C19H13ClN3O. The topological polar surface area (TPSA) is 50.8 Å². The molecule has 0 saturated heterocycles. The molecule has 1 radical (unpaired) electrons. The average Bonchev–Trinajstić information content (AvgIpc) is 2.99. The van der Waals surface area contributed by atoms with Crippen molar-refractivity contribution in [3.8, 4) is 22.9 Å². The number of aromatic nitrogens is 3. The molecule has 24 heavy (non-hydrogen) atoms. The molecule has 117 valence electrons. The maximum Gasteiger partial charge on any atom is 0.145 e. The van der Waals surface area contributed by atoms with Gasteiger partial charge in [0.1, 0.15) is 17.3 Å². The maximum absolute atomic E-state index is 6.17. The van der Waals surface area contributed by atoms with Gasteiger partial charge in [-0.25, -0.2) is 4.98 Å². The molecule has 0 amide bonds. The van der Waals surface area contributed by atoms with Gasteiger partial charge in [-0.05, 0) is 61.0 Å². The van der Waals surface area contributed by atoms with E-state index in [9.17, 15) is 0 Å². The van der Waals surface area contributed by atoms with Crippen LogP contribution in [0.25, 0.3) is 22.4 Å². The standard InChI is InChI=1S/C19H13ClN3O/c1-12-8-17-18(10-16(12)20)23-19(22-17)13-4-2-5-14(9-13)24-15-6-3-7-21-11-15/h2-3,5-11H,1H3,(H,22,23). The number of ether oxygens (including phenoxy) is 1. The van der Waals surface area contributed by atoms with Crippen LogP contribution in [0.2, 0.25) is 5.02 Å². The van der Waals surface area contributed by atoms with Crippen LogP contribution in [0.3, 0.4) is 0 Å². The fraction of sp³-hybridized carbons (Fsp3) is 0.0526. The summed E-state index contributed by atoms with van der Waals surface area (Å²) >= 11 is 6.17. The summed E-state index contributed by atoms with van der Waals surface area (Å²) in [5, 5.41) is 0.707. The summed E-state index contributed by atoms with van der Waals surface area (Å²) in [6, 6.07) is 16.3. The van der Waals surface area contributed by atoms with Crippen molar-refractivity contribution >= 4 is 22.6 Å². The van der Waals surface area contributed by atoms with Crippen molar-refractivity contribution in [3.05, 3.63) is 71.5 Å².